The molecule has 1 aliphatic rings. The molecule has 0 saturated carbocycles. The number of nitrogens with one attached hydrogen (secondary N) is 1. The zero-order valence-corrected chi connectivity index (χ0v) is 8.12. The van der Waals surface area contributed by atoms with Gasteiger partial charge in [0, 0.05) is 11.1 Å². The standard InChI is InChI=1S/C14H11N/c1-3-7-11(8-4-1)13-14(15-13)12-9-5-2-6-10-12/h1-10,15H/i3D,7D. The van der Waals surface area contributed by atoms with E-state index in [0.717, 1.165) is 22.5 Å². The lowest BCUT2D eigenvalue weighted by Gasteiger charge is -1.89. The maximum atomic E-state index is 7.86. The molecule has 0 aromatic heterocycles. The quantitative estimate of drug-likeness (QED) is 0.781. The number of hydrogen-bond donors (Lipinski definition) is 1. The largest absolute Gasteiger partial charge is 0.351 e. The van der Waals surface area contributed by atoms with Gasteiger partial charge < -0.3 is 5.32 Å². The van der Waals surface area contributed by atoms with Gasteiger partial charge in [-0.3, -0.25) is 0 Å². The predicted octanol–water partition coefficient (Wildman–Crippen LogP) is 3.12. The molecule has 2 aromatic carbocycles. The Morgan fingerprint density at radius 1 is 0.800 bits per heavy atom. The van der Waals surface area contributed by atoms with Gasteiger partial charge in [-0.1, -0.05) is 60.6 Å². The van der Waals surface area contributed by atoms with Crippen LogP contribution in [0, 0.1) is 0 Å². The fraction of sp³-hybridized carbons (Fsp3) is 0. The molecular weight excluding hydrogens is 182 g/mol. The minimum atomic E-state index is 0.260. The summed E-state index contributed by atoms with van der Waals surface area (Å²) in [5, 5.41) is 3.20. The number of hydrogen-bond acceptors (Lipinski definition) is 1. The smallest absolute Gasteiger partial charge is 0.0704 e. The molecule has 1 nitrogen and oxygen atoms in total. The highest BCUT2D eigenvalue weighted by Gasteiger charge is 2.22. The van der Waals surface area contributed by atoms with E-state index in [0.29, 0.717) is 0 Å². The molecule has 72 valence electrons. The molecular formula is C14H11N. The summed E-state index contributed by atoms with van der Waals surface area (Å²) >= 11 is 0. The predicted molar refractivity (Wildman–Crippen MR) is 62.8 cm³/mol. The van der Waals surface area contributed by atoms with E-state index in [1.807, 2.05) is 42.5 Å². The highest BCUT2D eigenvalue weighted by molar-refractivity contribution is 6.04. The van der Waals surface area contributed by atoms with Crippen LogP contribution in [0.1, 0.15) is 13.9 Å². The van der Waals surface area contributed by atoms with Crippen LogP contribution in [0.2, 0.25) is 0 Å². The van der Waals surface area contributed by atoms with E-state index in [1.165, 1.54) is 0 Å². The van der Waals surface area contributed by atoms with Crippen LogP contribution in [-0.4, -0.2) is 0 Å². The third-order valence-corrected chi connectivity index (χ3v) is 2.42. The Hall–Kier alpha value is -2.02. The van der Waals surface area contributed by atoms with Gasteiger partial charge in [-0.25, -0.2) is 0 Å². The molecule has 1 N–H and O–H groups in total. The molecule has 0 unspecified atom stereocenters. The molecule has 0 spiro atoms. The summed E-state index contributed by atoms with van der Waals surface area (Å²) in [5.74, 6) is 0. The third-order valence-electron chi connectivity index (χ3n) is 2.42. The van der Waals surface area contributed by atoms with Crippen molar-refractivity contribution in [1.29, 1.82) is 0 Å². The van der Waals surface area contributed by atoms with Crippen molar-refractivity contribution < 1.29 is 2.74 Å². The second kappa shape index (κ2) is 3.28. The Kier molecular flexibility index (Phi) is 1.41. The average molecular weight is 195 g/mol. The van der Waals surface area contributed by atoms with Crippen molar-refractivity contribution in [2.24, 2.45) is 0 Å². The molecule has 3 rings (SSSR count). The van der Waals surface area contributed by atoms with E-state index in [-0.39, 0.29) is 12.1 Å². The Labute approximate surface area is 91.9 Å². The second-order valence-corrected chi connectivity index (χ2v) is 3.45. The Balaban J connectivity index is 2.04. The third kappa shape index (κ3) is 1.52. The minimum absolute atomic E-state index is 0.260. The lowest BCUT2D eigenvalue weighted by Crippen LogP contribution is -1.81. The first-order valence-electron chi connectivity index (χ1n) is 5.90. The maximum Gasteiger partial charge on any atom is 0.0704 e. The van der Waals surface area contributed by atoms with Gasteiger partial charge in [-0.2, -0.15) is 0 Å². The zero-order valence-electron chi connectivity index (χ0n) is 10.1. The molecule has 0 atom stereocenters. The van der Waals surface area contributed by atoms with Crippen LogP contribution in [0.15, 0.2) is 60.6 Å². The van der Waals surface area contributed by atoms with Crippen LogP contribution in [0.25, 0.3) is 11.4 Å². The molecule has 0 saturated heterocycles. The van der Waals surface area contributed by atoms with E-state index >= 15 is 0 Å². The molecule has 0 aliphatic carbocycles. The van der Waals surface area contributed by atoms with Crippen molar-refractivity contribution in [3.63, 3.8) is 0 Å². The van der Waals surface area contributed by atoms with Gasteiger partial charge in [0.25, 0.3) is 0 Å². The van der Waals surface area contributed by atoms with Crippen LogP contribution >= 0.6 is 0 Å². The molecule has 0 fully saturated rings. The Bertz CT molecular complexity index is 603. The Morgan fingerprint density at radius 2 is 1.47 bits per heavy atom. The highest BCUT2D eigenvalue weighted by atomic mass is 15.0. The summed E-state index contributed by atoms with van der Waals surface area (Å²) in [7, 11) is 0. The van der Waals surface area contributed by atoms with Gasteiger partial charge in [-0.15, -0.1) is 0 Å². The molecule has 2 aromatic rings. The second-order valence-electron chi connectivity index (χ2n) is 3.45. The van der Waals surface area contributed by atoms with E-state index < -0.39 is 0 Å². The topological polar surface area (TPSA) is 21.9 Å². The SMILES string of the molecule is [2H]c1cccc(C2=C(c3ccccc3)N2)c1[2H]. The lowest BCUT2D eigenvalue weighted by atomic mass is 10.1. The van der Waals surface area contributed by atoms with Gasteiger partial charge in [0.2, 0.25) is 0 Å². The summed E-state index contributed by atoms with van der Waals surface area (Å²) in [5.41, 5.74) is 3.95. The summed E-state index contributed by atoms with van der Waals surface area (Å²) in [6, 6.07) is 15.9. The average Bonchev–Trinajstić information content (AvgIpc) is 3.14. The molecule has 0 radical (unpaired) electrons. The van der Waals surface area contributed by atoms with Gasteiger partial charge in [0.15, 0.2) is 0 Å². The summed E-state index contributed by atoms with van der Waals surface area (Å²) in [6.45, 7) is 0. The normalized spacial score (nSPS) is 15.5. The molecule has 0 bridgehead atoms. The monoisotopic (exact) mass is 195 g/mol. The van der Waals surface area contributed by atoms with Crippen LogP contribution in [-0.2, 0) is 0 Å². The van der Waals surface area contributed by atoms with Crippen LogP contribution < -0.4 is 5.32 Å². The van der Waals surface area contributed by atoms with Gasteiger partial charge >= 0.3 is 0 Å². The van der Waals surface area contributed by atoms with Crippen molar-refractivity contribution in [2.45, 2.75) is 0 Å². The molecule has 15 heavy (non-hydrogen) atoms. The lowest BCUT2D eigenvalue weighted by molar-refractivity contribution is 1.43. The Morgan fingerprint density at radius 3 is 2.33 bits per heavy atom. The van der Waals surface area contributed by atoms with Crippen molar-refractivity contribution >= 4 is 11.4 Å². The van der Waals surface area contributed by atoms with Crippen LogP contribution in [0.4, 0.5) is 0 Å². The summed E-state index contributed by atoms with van der Waals surface area (Å²) < 4.78 is 15.5. The molecule has 0 amide bonds. The van der Waals surface area contributed by atoms with Crippen molar-refractivity contribution in [2.75, 3.05) is 0 Å². The number of rotatable bonds is 2. The number of benzene rings is 2. The minimum Gasteiger partial charge on any atom is -0.351 e. The van der Waals surface area contributed by atoms with E-state index in [2.05, 4.69) is 5.32 Å². The van der Waals surface area contributed by atoms with Crippen LogP contribution in [0.3, 0.4) is 0 Å². The first kappa shape index (κ1) is 6.46. The summed E-state index contributed by atoms with van der Waals surface area (Å²) in [4.78, 5) is 0. The first-order valence-corrected chi connectivity index (χ1v) is 4.90. The van der Waals surface area contributed by atoms with E-state index in [1.54, 1.807) is 6.07 Å². The van der Waals surface area contributed by atoms with Crippen molar-refractivity contribution in [1.82, 2.24) is 5.32 Å². The maximum absolute atomic E-state index is 7.86. The van der Waals surface area contributed by atoms with E-state index in [9.17, 15) is 0 Å². The molecule has 1 heteroatoms. The molecule has 1 aliphatic heterocycles. The summed E-state index contributed by atoms with van der Waals surface area (Å²) in [6.07, 6.45) is 0. The van der Waals surface area contributed by atoms with E-state index in [4.69, 9.17) is 2.74 Å². The fourth-order valence-electron chi connectivity index (χ4n) is 1.62. The van der Waals surface area contributed by atoms with Crippen LogP contribution in [0.5, 0.6) is 0 Å². The highest BCUT2D eigenvalue weighted by Crippen LogP contribution is 2.34. The van der Waals surface area contributed by atoms with Crippen molar-refractivity contribution in [3.8, 4) is 0 Å². The van der Waals surface area contributed by atoms with Gasteiger partial charge in [-0.05, 0) is 0 Å². The zero-order chi connectivity index (χ0) is 11.8. The first-order chi connectivity index (χ1) is 8.27. The van der Waals surface area contributed by atoms with Crippen molar-refractivity contribution in [3.05, 3.63) is 71.7 Å². The fourth-order valence-corrected chi connectivity index (χ4v) is 1.62. The van der Waals surface area contributed by atoms with Gasteiger partial charge in [0.05, 0.1) is 14.1 Å². The molecule has 1 heterocycles. The van der Waals surface area contributed by atoms with Gasteiger partial charge in [0.1, 0.15) is 0 Å².